The van der Waals surface area contributed by atoms with Gasteiger partial charge in [0.15, 0.2) is 0 Å². The van der Waals surface area contributed by atoms with Gasteiger partial charge in [0.05, 0.1) is 0 Å². The number of likely N-dealkylation sites (N-methyl/N-ethyl adjacent to an activating group) is 1. The topological polar surface area (TPSA) is 75.4 Å². The zero-order valence-electron chi connectivity index (χ0n) is 11.6. The zero-order chi connectivity index (χ0) is 14.4. The van der Waals surface area contributed by atoms with Crippen molar-refractivity contribution in [2.45, 2.75) is 25.4 Å². The van der Waals surface area contributed by atoms with Crippen LogP contribution in [0.5, 0.6) is 0 Å². The quantitative estimate of drug-likeness (QED) is 0.820. The summed E-state index contributed by atoms with van der Waals surface area (Å²) >= 11 is 0. The van der Waals surface area contributed by atoms with Gasteiger partial charge in [-0.15, -0.1) is 0 Å². The Labute approximate surface area is 113 Å². The summed E-state index contributed by atoms with van der Waals surface area (Å²) in [6.45, 7) is 1.66. The summed E-state index contributed by atoms with van der Waals surface area (Å²) in [5.74, 6) is -0.360. The molecule has 2 unspecified atom stereocenters. The van der Waals surface area contributed by atoms with E-state index >= 15 is 0 Å². The van der Waals surface area contributed by atoms with Crippen molar-refractivity contribution >= 4 is 11.8 Å². The Kier molecular flexibility index (Phi) is 5.51. The monoisotopic (exact) mass is 263 g/mol. The number of nitrogens with one attached hydrogen (secondary N) is 1. The van der Waals surface area contributed by atoms with Gasteiger partial charge in [-0.2, -0.15) is 0 Å². The number of hydrogen-bond donors (Lipinski definition) is 2. The molecule has 0 saturated carbocycles. The summed E-state index contributed by atoms with van der Waals surface area (Å²) in [4.78, 5) is 24.9. The number of amides is 2. The molecule has 104 valence electrons. The Morgan fingerprint density at radius 3 is 2.37 bits per heavy atom. The van der Waals surface area contributed by atoms with Crippen LogP contribution in [0.15, 0.2) is 30.3 Å². The third-order valence-electron chi connectivity index (χ3n) is 2.82. The largest absolute Gasteiger partial charge is 0.347 e. The van der Waals surface area contributed by atoms with Gasteiger partial charge in [0.25, 0.3) is 0 Å². The first-order valence-corrected chi connectivity index (χ1v) is 6.23. The second-order valence-electron chi connectivity index (χ2n) is 4.74. The van der Waals surface area contributed by atoms with E-state index in [-0.39, 0.29) is 24.3 Å². The fraction of sp³-hybridized carbons (Fsp3) is 0.429. The van der Waals surface area contributed by atoms with Gasteiger partial charge in [0.1, 0.15) is 6.04 Å². The number of nitrogens with zero attached hydrogens (tertiary/aromatic N) is 1. The van der Waals surface area contributed by atoms with Crippen molar-refractivity contribution in [1.82, 2.24) is 10.2 Å². The van der Waals surface area contributed by atoms with Gasteiger partial charge in [-0.25, -0.2) is 0 Å². The van der Waals surface area contributed by atoms with Crippen LogP contribution in [0, 0.1) is 0 Å². The maximum Gasteiger partial charge on any atom is 0.244 e. The van der Waals surface area contributed by atoms with Gasteiger partial charge in [0.2, 0.25) is 11.8 Å². The van der Waals surface area contributed by atoms with Crippen LogP contribution in [0.2, 0.25) is 0 Å². The Morgan fingerprint density at radius 2 is 1.84 bits per heavy atom. The first-order chi connectivity index (χ1) is 8.91. The highest BCUT2D eigenvalue weighted by molar-refractivity contribution is 5.87. The molecule has 0 heterocycles. The van der Waals surface area contributed by atoms with E-state index in [1.54, 1.807) is 21.0 Å². The van der Waals surface area contributed by atoms with Crippen LogP contribution in [0.3, 0.4) is 0 Å². The summed E-state index contributed by atoms with van der Waals surface area (Å²) in [6.07, 6.45) is 0.162. The molecule has 2 amide bonds. The minimum absolute atomic E-state index is 0.137. The van der Waals surface area contributed by atoms with Crippen molar-refractivity contribution in [3.05, 3.63) is 35.9 Å². The van der Waals surface area contributed by atoms with E-state index in [2.05, 4.69) is 5.32 Å². The Morgan fingerprint density at radius 1 is 1.26 bits per heavy atom. The third kappa shape index (κ3) is 4.71. The smallest absolute Gasteiger partial charge is 0.244 e. The molecule has 0 radical (unpaired) electrons. The fourth-order valence-corrected chi connectivity index (χ4v) is 1.77. The average molecular weight is 263 g/mol. The van der Waals surface area contributed by atoms with E-state index in [0.29, 0.717) is 0 Å². The lowest BCUT2D eigenvalue weighted by Crippen LogP contribution is -2.44. The molecule has 3 N–H and O–H groups in total. The van der Waals surface area contributed by atoms with Gasteiger partial charge >= 0.3 is 0 Å². The molecule has 0 fully saturated rings. The van der Waals surface area contributed by atoms with Crippen molar-refractivity contribution in [3.63, 3.8) is 0 Å². The fourth-order valence-electron chi connectivity index (χ4n) is 1.77. The third-order valence-corrected chi connectivity index (χ3v) is 2.82. The van der Waals surface area contributed by atoms with Crippen LogP contribution < -0.4 is 11.1 Å². The van der Waals surface area contributed by atoms with Gasteiger partial charge in [-0.05, 0) is 12.5 Å². The molecule has 0 aliphatic heterocycles. The predicted octanol–water partition coefficient (Wildman–Crippen LogP) is 0.669. The maximum absolute atomic E-state index is 11.8. The molecule has 0 bridgehead atoms. The molecule has 1 aromatic carbocycles. The first kappa shape index (κ1) is 15.2. The summed E-state index contributed by atoms with van der Waals surface area (Å²) in [6, 6.07) is 8.52. The summed E-state index contributed by atoms with van der Waals surface area (Å²) in [7, 11) is 3.31. The van der Waals surface area contributed by atoms with Crippen LogP contribution in [0.4, 0.5) is 0 Å². The number of carbonyl (C=O) groups is 2. The standard InChI is InChI=1S/C14H21N3O2/c1-10(14(19)17(2)3)16-13(18)9-12(15)11-7-5-4-6-8-11/h4-8,10,12H,9,15H2,1-3H3,(H,16,18). The maximum atomic E-state index is 11.8. The number of carbonyl (C=O) groups excluding carboxylic acids is 2. The highest BCUT2D eigenvalue weighted by Gasteiger charge is 2.18. The number of nitrogens with two attached hydrogens (primary N) is 1. The molecular formula is C14H21N3O2. The van der Waals surface area contributed by atoms with Crippen LogP contribution in [0.25, 0.3) is 0 Å². The highest BCUT2D eigenvalue weighted by Crippen LogP contribution is 2.12. The lowest BCUT2D eigenvalue weighted by atomic mass is 10.0. The second kappa shape index (κ2) is 6.89. The van der Waals surface area contributed by atoms with E-state index in [9.17, 15) is 9.59 Å². The minimum Gasteiger partial charge on any atom is -0.347 e. The van der Waals surface area contributed by atoms with E-state index in [1.807, 2.05) is 30.3 Å². The van der Waals surface area contributed by atoms with Crippen molar-refractivity contribution < 1.29 is 9.59 Å². The first-order valence-electron chi connectivity index (χ1n) is 6.23. The SMILES string of the molecule is CC(NC(=O)CC(N)c1ccccc1)C(=O)N(C)C. The Hall–Kier alpha value is -1.88. The molecule has 19 heavy (non-hydrogen) atoms. The molecule has 0 aromatic heterocycles. The van der Waals surface area contributed by atoms with Gasteiger partial charge < -0.3 is 16.0 Å². The predicted molar refractivity (Wildman–Crippen MR) is 74.3 cm³/mol. The molecular weight excluding hydrogens is 242 g/mol. The summed E-state index contributed by atoms with van der Waals surface area (Å²) in [5, 5.41) is 2.65. The number of hydrogen-bond acceptors (Lipinski definition) is 3. The van der Waals surface area contributed by atoms with Gasteiger partial charge in [-0.1, -0.05) is 30.3 Å². The van der Waals surface area contributed by atoms with Crippen molar-refractivity contribution in [2.75, 3.05) is 14.1 Å². The lowest BCUT2D eigenvalue weighted by Gasteiger charge is -2.19. The molecule has 5 nitrogen and oxygen atoms in total. The van der Waals surface area contributed by atoms with Crippen molar-refractivity contribution in [2.24, 2.45) is 5.73 Å². The molecule has 0 saturated heterocycles. The Balaban J connectivity index is 2.50. The molecule has 1 aromatic rings. The number of rotatable bonds is 5. The van der Waals surface area contributed by atoms with E-state index in [0.717, 1.165) is 5.56 Å². The van der Waals surface area contributed by atoms with Gasteiger partial charge in [0, 0.05) is 26.6 Å². The van der Waals surface area contributed by atoms with E-state index in [4.69, 9.17) is 5.73 Å². The van der Waals surface area contributed by atoms with Crippen LogP contribution in [-0.4, -0.2) is 36.9 Å². The molecule has 2 atom stereocenters. The van der Waals surface area contributed by atoms with Crippen molar-refractivity contribution in [3.8, 4) is 0 Å². The van der Waals surface area contributed by atoms with Crippen LogP contribution in [-0.2, 0) is 9.59 Å². The average Bonchev–Trinajstić information content (AvgIpc) is 2.38. The Bertz CT molecular complexity index is 432. The van der Waals surface area contributed by atoms with E-state index < -0.39 is 6.04 Å². The summed E-state index contributed by atoms with van der Waals surface area (Å²) < 4.78 is 0. The second-order valence-corrected chi connectivity index (χ2v) is 4.74. The molecule has 0 spiro atoms. The van der Waals surface area contributed by atoms with Crippen molar-refractivity contribution in [1.29, 1.82) is 0 Å². The van der Waals surface area contributed by atoms with Crippen LogP contribution in [0.1, 0.15) is 24.9 Å². The normalized spacial score (nSPS) is 13.5. The number of benzene rings is 1. The molecule has 0 aliphatic carbocycles. The summed E-state index contributed by atoms with van der Waals surface area (Å²) in [5.41, 5.74) is 6.86. The van der Waals surface area contributed by atoms with Crippen LogP contribution >= 0.6 is 0 Å². The highest BCUT2D eigenvalue weighted by atomic mass is 16.2. The van der Waals surface area contributed by atoms with Gasteiger partial charge in [-0.3, -0.25) is 9.59 Å². The molecule has 0 aliphatic rings. The molecule has 5 heteroatoms. The lowest BCUT2D eigenvalue weighted by molar-refractivity contribution is -0.134. The zero-order valence-corrected chi connectivity index (χ0v) is 11.6. The van der Waals surface area contributed by atoms with E-state index in [1.165, 1.54) is 4.90 Å². The minimum atomic E-state index is -0.537. The molecule has 1 rings (SSSR count).